The van der Waals surface area contributed by atoms with Gasteiger partial charge >= 0.3 is 6.29 Å². The maximum Gasteiger partial charge on any atom is 0.536 e. The van der Waals surface area contributed by atoms with E-state index in [1.807, 2.05) is 0 Å². The third kappa shape index (κ3) is 1.31. The minimum Gasteiger partial charge on any atom is -0.411 e. The molecule has 0 amide bonds. The van der Waals surface area contributed by atoms with Crippen LogP contribution in [0.4, 0.5) is 8.78 Å². The lowest BCUT2D eigenvalue weighted by Gasteiger charge is -2.35. The Labute approximate surface area is 92.6 Å². The summed E-state index contributed by atoms with van der Waals surface area (Å²) < 4.78 is 35.7. The van der Waals surface area contributed by atoms with Gasteiger partial charge in [0, 0.05) is 6.04 Å². The first kappa shape index (κ1) is 10.5. The van der Waals surface area contributed by atoms with Crippen molar-refractivity contribution in [3.8, 4) is 0 Å². The second-order valence-corrected chi connectivity index (χ2v) is 5.12. The van der Waals surface area contributed by atoms with Gasteiger partial charge in [-0.2, -0.15) is 0 Å². The van der Waals surface area contributed by atoms with Crippen LogP contribution < -0.4 is 5.73 Å². The molecule has 0 spiro atoms. The fourth-order valence-electron chi connectivity index (χ4n) is 3.31. The number of fused-ring (bicyclic) bond motifs is 2. The molecule has 0 aromatic heterocycles. The van der Waals surface area contributed by atoms with Crippen LogP contribution in [0.5, 0.6) is 0 Å². The molecule has 0 bridgehead atoms. The molecule has 2 N–H and O–H groups in total. The number of alkyl halides is 2. The van der Waals surface area contributed by atoms with Crippen molar-refractivity contribution in [3.05, 3.63) is 11.3 Å². The molecule has 0 radical (unpaired) electrons. The first-order chi connectivity index (χ1) is 7.41. The third-order valence-electron chi connectivity index (χ3n) is 3.89. The van der Waals surface area contributed by atoms with E-state index < -0.39 is 11.9 Å². The van der Waals surface area contributed by atoms with Gasteiger partial charge in [-0.05, 0) is 44.1 Å². The highest BCUT2D eigenvalue weighted by molar-refractivity contribution is 5.30. The van der Waals surface area contributed by atoms with E-state index in [9.17, 15) is 8.78 Å². The van der Waals surface area contributed by atoms with Crippen molar-refractivity contribution in [2.75, 3.05) is 0 Å². The van der Waals surface area contributed by atoms with Gasteiger partial charge in [0.05, 0.1) is 0 Å². The number of nitrogens with two attached hydrogens (primary N) is 1. The van der Waals surface area contributed by atoms with Gasteiger partial charge in [0.2, 0.25) is 0 Å². The van der Waals surface area contributed by atoms with Crippen LogP contribution >= 0.6 is 0 Å². The SMILES string of the molecule is CC12CC(N)C3CCCC3=C1OC(F)(F)O2. The van der Waals surface area contributed by atoms with Crippen molar-refractivity contribution >= 4 is 0 Å². The average molecular weight is 231 g/mol. The molecule has 3 unspecified atom stereocenters. The van der Waals surface area contributed by atoms with Gasteiger partial charge in [0.1, 0.15) is 11.4 Å². The van der Waals surface area contributed by atoms with Crippen molar-refractivity contribution in [1.82, 2.24) is 0 Å². The minimum atomic E-state index is -3.49. The standard InChI is InChI=1S/C11H15F2NO2/c1-10-5-8(14)6-3-2-4-7(6)9(10)15-11(12,13)16-10/h6,8H,2-5,14H2,1H3. The number of ether oxygens (including phenoxy) is 2. The van der Waals surface area contributed by atoms with Gasteiger partial charge in [-0.15, -0.1) is 8.78 Å². The zero-order chi connectivity index (χ0) is 11.6. The molecule has 5 heteroatoms. The molecule has 90 valence electrons. The fourth-order valence-corrected chi connectivity index (χ4v) is 3.31. The molecule has 3 atom stereocenters. The Balaban J connectivity index is 2.07. The van der Waals surface area contributed by atoms with Crippen LogP contribution in [-0.4, -0.2) is 17.9 Å². The maximum atomic E-state index is 13.2. The van der Waals surface area contributed by atoms with Crippen LogP contribution in [0.3, 0.4) is 0 Å². The maximum absolute atomic E-state index is 13.2. The van der Waals surface area contributed by atoms with Crippen molar-refractivity contribution in [3.63, 3.8) is 0 Å². The lowest BCUT2D eigenvalue weighted by atomic mass is 9.77. The van der Waals surface area contributed by atoms with Gasteiger partial charge in [-0.1, -0.05) is 0 Å². The van der Waals surface area contributed by atoms with E-state index in [4.69, 9.17) is 10.5 Å². The zero-order valence-corrected chi connectivity index (χ0v) is 9.13. The summed E-state index contributed by atoms with van der Waals surface area (Å²) in [4.78, 5) is 0. The summed E-state index contributed by atoms with van der Waals surface area (Å²) in [7, 11) is 0. The van der Waals surface area contributed by atoms with Crippen LogP contribution in [0.25, 0.3) is 0 Å². The van der Waals surface area contributed by atoms with Crippen molar-refractivity contribution in [1.29, 1.82) is 0 Å². The van der Waals surface area contributed by atoms with E-state index >= 15 is 0 Å². The van der Waals surface area contributed by atoms with Crippen molar-refractivity contribution in [2.45, 2.75) is 50.5 Å². The molecule has 2 fully saturated rings. The van der Waals surface area contributed by atoms with E-state index in [-0.39, 0.29) is 12.0 Å². The summed E-state index contributed by atoms with van der Waals surface area (Å²) >= 11 is 0. The number of hydrogen-bond acceptors (Lipinski definition) is 3. The lowest BCUT2D eigenvalue weighted by molar-refractivity contribution is -0.352. The van der Waals surface area contributed by atoms with E-state index in [0.717, 1.165) is 24.8 Å². The molecule has 0 aromatic carbocycles. The summed E-state index contributed by atoms with van der Waals surface area (Å²) in [6, 6.07) is -0.0938. The predicted octanol–water partition coefficient (Wildman–Crippen LogP) is 2.13. The van der Waals surface area contributed by atoms with Gasteiger partial charge < -0.3 is 10.5 Å². The highest BCUT2D eigenvalue weighted by atomic mass is 19.3. The Bertz CT molecular complexity index is 369. The molecule has 3 nitrogen and oxygen atoms in total. The van der Waals surface area contributed by atoms with Crippen LogP contribution in [-0.2, 0) is 9.47 Å². The average Bonchev–Trinajstić information content (AvgIpc) is 2.66. The highest BCUT2D eigenvalue weighted by Gasteiger charge is 2.59. The monoisotopic (exact) mass is 231 g/mol. The summed E-state index contributed by atoms with van der Waals surface area (Å²) in [6.45, 7) is 1.64. The predicted molar refractivity (Wildman–Crippen MR) is 52.5 cm³/mol. The molecule has 1 heterocycles. The van der Waals surface area contributed by atoms with Crippen LogP contribution in [0.15, 0.2) is 11.3 Å². The number of halogens is 2. The minimum absolute atomic E-state index is 0.0938. The zero-order valence-electron chi connectivity index (χ0n) is 9.13. The largest absolute Gasteiger partial charge is 0.536 e. The summed E-state index contributed by atoms with van der Waals surface area (Å²) in [5.41, 5.74) is 5.96. The Morgan fingerprint density at radius 3 is 2.94 bits per heavy atom. The normalized spacial score (nSPS) is 45.2. The van der Waals surface area contributed by atoms with E-state index in [1.54, 1.807) is 6.92 Å². The number of rotatable bonds is 0. The third-order valence-corrected chi connectivity index (χ3v) is 3.89. The quantitative estimate of drug-likeness (QED) is 0.694. The van der Waals surface area contributed by atoms with Gasteiger partial charge in [-0.25, -0.2) is 0 Å². The van der Waals surface area contributed by atoms with E-state index in [1.165, 1.54) is 0 Å². The van der Waals surface area contributed by atoms with Crippen LogP contribution in [0.1, 0.15) is 32.6 Å². The van der Waals surface area contributed by atoms with Gasteiger partial charge in [0.15, 0.2) is 0 Å². The number of hydrogen-bond donors (Lipinski definition) is 1. The molecule has 0 aromatic rings. The first-order valence-electron chi connectivity index (χ1n) is 5.67. The van der Waals surface area contributed by atoms with Crippen LogP contribution in [0, 0.1) is 5.92 Å². The summed E-state index contributed by atoms with van der Waals surface area (Å²) in [5.74, 6) is 0.558. The Hall–Kier alpha value is -0.680. The van der Waals surface area contributed by atoms with Gasteiger partial charge in [0.25, 0.3) is 0 Å². The second-order valence-electron chi connectivity index (χ2n) is 5.12. The molecule has 2 aliphatic carbocycles. The van der Waals surface area contributed by atoms with Crippen LogP contribution in [0.2, 0.25) is 0 Å². The van der Waals surface area contributed by atoms with Gasteiger partial charge in [-0.3, -0.25) is 4.74 Å². The molecular weight excluding hydrogens is 216 g/mol. The fraction of sp³-hybridized carbons (Fsp3) is 0.818. The highest BCUT2D eigenvalue weighted by Crippen LogP contribution is 2.53. The van der Waals surface area contributed by atoms with E-state index in [2.05, 4.69) is 4.74 Å². The summed E-state index contributed by atoms with van der Waals surface area (Å²) in [5, 5.41) is 0. The Kier molecular flexibility index (Phi) is 1.93. The molecule has 1 saturated carbocycles. The lowest BCUT2D eigenvalue weighted by Crippen LogP contribution is -2.44. The smallest absolute Gasteiger partial charge is 0.411 e. The molecule has 16 heavy (non-hydrogen) atoms. The molecule has 3 aliphatic rings. The van der Waals surface area contributed by atoms with Crippen molar-refractivity contribution in [2.24, 2.45) is 11.7 Å². The first-order valence-corrected chi connectivity index (χ1v) is 5.67. The van der Waals surface area contributed by atoms with Crippen molar-refractivity contribution < 1.29 is 18.3 Å². The summed E-state index contributed by atoms with van der Waals surface area (Å²) in [6.07, 6.45) is -0.295. The molecule has 1 aliphatic heterocycles. The topological polar surface area (TPSA) is 44.5 Å². The molecule has 1 saturated heterocycles. The Morgan fingerprint density at radius 1 is 1.44 bits per heavy atom. The molecular formula is C11H15F2NO2. The second kappa shape index (κ2) is 2.96. The Morgan fingerprint density at radius 2 is 2.19 bits per heavy atom. The van der Waals surface area contributed by atoms with E-state index in [0.29, 0.717) is 12.2 Å². The molecule has 3 rings (SSSR count).